The van der Waals surface area contributed by atoms with Crippen molar-refractivity contribution in [3.05, 3.63) is 74.7 Å². The number of carbonyl (C=O) groups excluding carboxylic acids is 2. The van der Waals surface area contributed by atoms with Crippen LogP contribution in [-0.4, -0.2) is 22.0 Å². The minimum absolute atomic E-state index is 0.293. The molecule has 1 fully saturated rings. The molecule has 0 bridgehead atoms. The fourth-order valence-corrected chi connectivity index (χ4v) is 4.11. The van der Waals surface area contributed by atoms with Gasteiger partial charge in [0.1, 0.15) is 5.69 Å². The Hall–Kier alpha value is -2.87. The summed E-state index contributed by atoms with van der Waals surface area (Å²) in [6.07, 6.45) is 3.23. The second-order valence-electron chi connectivity index (χ2n) is 6.05. The second kappa shape index (κ2) is 7.87. The number of primary amides is 1. The van der Waals surface area contributed by atoms with E-state index in [0.717, 1.165) is 5.56 Å². The molecule has 1 aliphatic rings. The first-order valence-corrected chi connectivity index (χ1v) is 9.92. The number of aromatic nitrogens is 1. The molecule has 1 saturated heterocycles. The molecule has 2 aromatic carbocycles. The highest BCUT2D eigenvalue weighted by Gasteiger charge is 2.24. The van der Waals surface area contributed by atoms with Crippen LogP contribution in [0, 0.1) is 0 Å². The summed E-state index contributed by atoms with van der Waals surface area (Å²) < 4.78 is 0. The molecule has 1 aliphatic heterocycles. The van der Waals surface area contributed by atoms with E-state index in [1.54, 1.807) is 48.5 Å². The number of thioether (sulfide) groups is 1. The molecule has 1 aromatic heterocycles. The fraction of sp³-hybridized carbons (Fsp3) is 0. The van der Waals surface area contributed by atoms with Gasteiger partial charge < -0.3 is 11.1 Å². The predicted molar refractivity (Wildman–Crippen MR) is 118 cm³/mol. The fourth-order valence-electron chi connectivity index (χ4n) is 2.80. The SMILES string of the molecule is NC(=O)c1ccnc2ccc(/C=C3/SC(=Nc4c(Cl)cccc4Cl)NC3=O)cc12. The number of nitrogens with two attached hydrogens (primary N) is 1. The van der Waals surface area contributed by atoms with Crippen molar-refractivity contribution in [2.24, 2.45) is 10.7 Å². The standard InChI is InChI=1S/C20H12Cl2N4O2S/c21-13-2-1-3-14(22)17(13)25-20-26-19(28)16(29-20)9-10-4-5-15-12(8-10)11(18(23)27)6-7-24-15/h1-9H,(H2,23,27)(H,25,26,28)/b16-9+. The van der Waals surface area contributed by atoms with Gasteiger partial charge in [-0.3, -0.25) is 14.6 Å². The number of para-hydroxylation sites is 1. The molecule has 0 unspecified atom stereocenters. The third-order valence-corrected chi connectivity index (χ3v) is 5.65. The van der Waals surface area contributed by atoms with Crippen LogP contribution in [0.4, 0.5) is 5.69 Å². The molecule has 29 heavy (non-hydrogen) atoms. The third-order valence-electron chi connectivity index (χ3n) is 4.13. The monoisotopic (exact) mass is 442 g/mol. The molecule has 6 nitrogen and oxygen atoms in total. The number of hydrogen-bond donors (Lipinski definition) is 2. The van der Waals surface area contributed by atoms with Gasteiger partial charge in [0.15, 0.2) is 5.17 Å². The maximum absolute atomic E-state index is 12.4. The van der Waals surface area contributed by atoms with Crippen molar-refractivity contribution in [1.29, 1.82) is 0 Å². The summed E-state index contributed by atoms with van der Waals surface area (Å²) in [7, 11) is 0. The first kappa shape index (κ1) is 19.4. The Morgan fingerprint density at radius 1 is 1.17 bits per heavy atom. The summed E-state index contributed by atoms with van der Waals surface area (Å²) in [5, 5.41) is 4.46. The van der Waals surface area contributed by atoms with E-state index in [1.165, 1.54) is 18.0 Å². The molecular formula is C20H12Cl2N4O2S. The zero-order chi connectivity index (χ0) is 20.5. The Labute approximate surface area is 179 Å². The van der Waals surface area contributed by atoms with E-state index in [2.05, 4.69) is 15.3 Å². The van der Waals surface area contributed by atoms with Crippen molar-refractivity contribution in [2.75, 3.05) is 0 Å². The van der Waals surface area contributed by atoms with Gasteiger partial charge in [0.05, 0.1) is 26.0 Å². The Morgan fingerprint density at radius 2 is 1.93 bits per heavy atom. The van der Waals surface area contributed by atoms with Crippen molar-refractivity contribution in [3.63, 3.8) is 0 Å². The number of fused-ring (bicyclic) bond motifs is 1. The van der Waals surface area contributed by atoms with Gasteiger partial charge in [-0.15, -0.1) is 0 Å². The molecule has 2 heterocycles. The first-order chi connectivity index (χ1) is 13.9. The topological polar surface area (TPSA) is 97.4 Å². The number of amidine groups is 1. The molecule has 4 rings (SSSR count). The second-order valence-corrected chi connectivity index (χ2v) is 7.90. The Kier molecular flexibility index (Phi) is 5.27. The predicted octanol–water partition coefficient (Wildman–Crippen LogP) is 4.53. The van der Waals surface area contributed by atoms with Crippen LogP contribution in [0.15, 0.2) is 58.6 Å². The van der Waals surface area contributed by atoms with E-state index in [1.807, 2.05) is 0 Å². The van der Waals surface area contributed by atoms with E-state index in [0.29, 0.717) is 42.3 Å². The highest BCUT2D eigenvalue weighted by molar-refractivity contribution is 8.18. The maximum Gasteiger partial charge on any atom is 0.264 e. The molecule has 3 aromatic rings. The summed E-state index contributed by atoms with van der Waals surface area (Å²) in [4.78, 5) is 33.1. The number of nitrogens with zero attached hydrogens (tertiary/aromatic N) is 2. The molecule has 144 valence electrons. The number of halogens is 2. The maximum atomic E-state index is 12.4. The summed E-state index contributed by atoms with van der Waals surface area (Å²) in [5.41, 5.74) is 7.57. The first-order valence-electron chi connectivity index (χ1n) is 8.34. The third kappa shape index (κ3) is 3.98. The van der Waals surface area contributed by atoms with E-state index >= 15 is 0 Å². The number of aliphatic imine (C=N–C) groups is 1. The molecule has 3 N–H and O–H groups in total. The van der Waals surface area contributed by atoms with Crippen molar-refractivity contribution in [1.82, 2.24) is 10.3 Å². The highest BCUT2D eigenvalue weighted by Crippen LogP contribution is 2.35. The zero-order valence-electron chi connectivity index (χ0n) is 14.6. The summed E-state index contributed by atoms with van der Waals surface area (Å²) >= 11 is 13.4. The summed E-state index contributed by atoms with van der Waals surface area (Å²) in [5.74, 6) is -0.834. The van der Waals surface area contributed by atoms with Crippen molar-refractivity contribution in [2.45, 2.75) is 0 Å². The average molecular weight is 443 g/mol. The van der Waals surface area contributed by atoms with Crippen LogP contribution >= 0.6 is 35.0 Å². The van der Waals surface area contributed by atoms with Crippen LogP contribution in [0.5, 0.6) is 0 Å². The number of amides is 2. The Morgan fingerprint density at radius 3 is 2.66 bits per heavy atom. The molecule has 0 radical (unpaired) electrons. The molecule has 0 atom stereocenters. The van der Waals surface area contributed by atoms with Crippen molar-refractivity contribution in [3.8, 4) is 0 Å². The molecule has 9 heteroatoms. The largest absolute Gasteiger partial charge is 0.366 e. The van der Waals surface area contributed by atoms with Crippen molar-refractivity contribution < 1.29 is 9.59 Å². The van der Waals surface area contributed by atoms with Crippen LogP contribution in [0.25, 0.3) is 17.0 Å². The number of carbonyl (C=O) groups is 2. The number of pyridine rings is 1. The van der Waals surface area contributed by atoms with E-state index in [4.69, 9.17) is 28.9 Å². The van der Waals surface area contributed by atoms with Gasteiger partial charge in [0, 0.05) is 11.6 Å². The number of rotatable bonds is 3. The molecule has 0 saturated carbocycles. The van der Waals surface area contributed by atoms with E-state index < -0.39 is 5.91 Å². The smallest absolute Gasteiger partial charge is 0.264 e. The summed E-state index contributed by atoms with van der Waals surface area (Å²) in [6.45, 7) is 0. The van der Waals surface area contributed by atoms with E-state index in [9.17, 15) is 9.59 Å². The van der Waals surface area contributed by atoms with Gasteiger partial charge in [-0.2, -0.15) is 0 Å². The summed E-state index contributed by atoms with van der Waals surface area (Å²) in [6, 6.07) is 12.0. The minimum atomic E-state index is -0.541. The van der Waals surface area contributed by atoms with Gasteiger partial charge >= 0.3 is 0 Å². The van der Waals surface area contributed by atoms with Crippen LogP contribution < -0.4 is 11.1 Å². The molecule has 0 spiro atoms. The number of nitrogens with one attached hydrogen (secondary N) is 1. The lowest BCUT2D eigenvalue weighted by molar-refractivity contribution is -0.115. The molecular weight excluding hydrogens is 431 g/mol. The lowest BCUT2D eigenvalue weighted by Gasteiger charge is -2.04. The van der Waals surface area contributed by atoms with Gasteiger partial charge in [0.25, 0.3) is 5.91 Å². The van der Waals surface area contributed by atoms with Crippen LogP contribution in [0.2, 0.25) is 10.0 Å². The number of benzene rings is 2. The van der Waals surface area contributed by atoms with E-state index in [-0.39, 0.29) is 5.91 Å². The quantitative estimate of drug-likeness (QED) is 0.581. The normalized spacial score (nSPS) is 16.6. The average Bonchev–Trinajstić information content (AvgIpc) is 3.03. The lowest BCUT2D eigenvalue weighted by Crippen LogP contribution is -2.19. The molecule has 0 aliphatic carbocycles. The lowest BCUT2D eigenvalue weighted by atomic mass is 10.1. The van der Waals surface area contributed by atoms with Crippen molar-refractivity contribution >= 4 is 74.6 Å². The van der Waals surface area contributed by atoms with Gasteiger partial charge in [0.2, 0.25) is 5.91 Å². The van der Waals surface area contributed by atoms with Gasteiger partial charge in [-0.05, 0) is 53.7 Å². The van der Waals surface area contributed by atoms with Gasteiger partial charge in [-0.1, -0.05) is 35.3 Å². The van der Waals surface area contributed by atoms with Crippen LogP contribution in [0.1, 0.15) is 15.9 Å². The molecule has 2 amide bonds. The number of hydrogen-bond acceptors (Lipinski definition) is 5. The van der Waals surface area contributed by atoms with Gasteiger partial charge in [-0.25, -0.2) is 4.99 Å². The van der Waals surface area contributed by atoms with Crippen LogP contribution in [-0.2, 0) is 4.79 Å². The zero-order valence-corrected chi connectivity index (χ0v) is 17.0. The minimum Gasteiger partial charge on any atom is -0.366 e. The van der Waals surface area contributed by atoms with Crippen LogP contribution in [0.3, 0.4) is 0 Å². The highest BCUT2D eigenvalue weighted by atomic mass is 35.5. The Bertz CT molecular complexity index is 1220. The Balaban J connectivity index is 1.69.